The number of aryl methyl sites for hydroxylation is 2. The Labute approximate surface area is 140 Å². The van der Waals surface area contributed by atoms with E-state index in [2.05, 4.69) is 50.9 Å². The Balaban J connectivity index is 1.95. The van der Waals surface area contributed by atoms with E-state index in [0.29, 0.717) is 18.3 Å². The maximum atomic E-state index is 12.4. The predicted molar refractivity (Wildman–Crippen MR) is 98.6 cm³/mol. The van der Waals surface area contributed by atoms with Crippen LogP contribution in [0.25, 0.3) is 0 Å². The lowest BCUT2D eigenvalue weighted by molar-refractivity contribution is -0.117. The third-order valence-electron chi connectivity index (χ3n) is 4.68. The lowest BCUT2D eigenvalue weighted by Gasteiger charge is -2.19. The molecule has 0 spiro atoms. The topological polar surface area (TPSA) is 29.1 Å². The van der Waals surface area contributed by atoms with Gasteiger partial charge in [0.15, 0.2) is 0 Å². The number of hydrogen-bond donors (Lipinski definition) is 1. The van der Waals surface area contributed by atoms with Crippen molar-refractivity contribution in [1.29, 1.82) is 0 Å². The van der Waals surface area contributed by atoms with E-state index in [1.807, 2.05) is 12.1 Å². The third kappa shape index (κ3) is 5.09. The van der Waals surface area contributed by atoms with E-state index in [1.165, 1.54) is 16.7 Å². The largest absolute Gasteiger partial charge is 0.326 e. The van der Waals surface area contributed by atoms with Gasteiger partial charge in [0.25, 0.3) is 0 Å². The monoisotopic (exact) mass is 311 g/mol. The van der Waals surface area contributed by atoms with Gasteiger partial charge >= 0.3 is 0 Å². The number of rotatable bonds is 6. The summed E-state index contributed by atoms with van der Waals surface area (Å²) in [6.45, 7) is 10.5. The Morgan fingerprint density at radius 3 is 2.61 bits per heavy atom. The number of anilines is 1. The molecule has 0 bridgehead atoms. The van der Waals surface area contributed by atoms with Crippen LogP contribution in [0.2, 0.25) is 0 Å². The van der Waals surface area contributed by atoms with Gasteiger partial charge in [0.2, 0.25) is 5.91 Å². The molecular weight excluding hydrogens is 282 g/mol. The van der Waals surface area contributed by atoms with E-state index in [9.17, 15) is 4.79 Å². The summed E-state index contributed by atoms with van der Waals surface area (Å²) in [5.41, 5.74) is 4.58. The second kappa shape index (κ2) is 8.14. The molecule has 2 nitrogen and oxygen atoms in total. The maximum Gasteiger partial charge on any atom is 0.224 e. The molecule has 2 heteroatoms. The fraction of sp³-hybridized carbons (Fsp3) is 0.476. The number of amides is 1. The quantitative estimate of drug-likeness (QED) is 0.684. The molecule has 1 amide bonds. The molecule has 1 aromatic rings. The van der Waals surface area contributed by atoms with Crippen molar-refractivity contribution in [3.05, 3.63) is 53.6 Å². The molecule has 2 rings (SSSR count). The summed E-state index contributed by atoms with van der Waals surface area (Å²) in [5.74, 6) is 1.01. The molecule has 0 unspecified atom stereocenters. The number of carbonyl (C=O) groups is 1. The van der Waals surface area contributed by atoms with E-state index >= 15 is 0 Å². The van der Waals surface area contributed by atoms with E-state index in [0.717, 1.165) is 31.4 Å². The van der Waals surface area contributed by atoms with Crippen molar-refractivity contribution in [3.63, 3.8) is 0 Å². The maximum absolute atomic E-state index is 12.4. The Morgan fingerprint density at radius 2 is 1.96 bits per heavy atom. The summed E-state index contributed by atoms with van der Waals surface area (Å²) in [6.07, 6.45) is 9.28. The average Bonchev–Trinajstić information content (AvgIpc) is 2.79. The lowest BCUT2D eigenvalue weighted by Crippen LogP contribution is -2.19. The van der Waals surface area contributed by atoms with Crippen molar-refractivity contribution in [1.82, 2.24) is 0 Å². The minimum atomic E-state index is 0.124. The first-order chi connectivity index (χ1) is 11.0. The number of benzene rings is 1. The summed E-state index contributed by atoms with van der Waals surface area (Å²) in [7, 11) is 0. The summed E-state index contributed by atoms with van der Waals surface area (Å²) in [4.78, 5) is 12.4. The second-order valence-electron chi connectivity index (χ2n) is 6.81. The first-order valence-electron chi connectivity index (χ1n) is 8.70. The second-order valence-corrected chi connectivity index (χ2v) is 6.81. The number of nitrogens with one attached hydrogen (secondary N) is 1. The highest BCUT2D eigenvalue weighted by molar-refractivity contribution is 5.91. The van der Waals surface area contributed by atoms with Crippen molar-refractivity contribution < 1.29 is 4.79 Å². The molecule has 0 aromatic heterocycles. The molecule has 2 atom stereocenters. The minimum absolute atomic E-state index is 0.124. The molecule has 0 saturated heterocycles. The van der Waals surface area contributed by atoms with Gasteiger partial charge in [-0.05, 0) is 74.6 Å². The normalized spacial score (nSPS) is 21.1. The summed E-state index contributed by atoms with van der Waals surface area (Å²) in [6, 6.07) is 6.17. The van der Waals surface area contributed by atoms with Crippen LogP contribution in [0, 0.1) is 25.7 Å². The molecule has 0 aliphatic heterocycles. The van der Waals surface area contributed by atoms with Crippen LogP contribution in [0.4, 0.5) is 5.69 Å². The fourth-order valence-corrected chi connectivity index (χ4v) is 3.60. The van der Waals surface area contributed by atoms with E-state index in [-0.39, 0.29) is 5.91 Å². The van der Waals surface area contributed by atoms with Gasteiger partial charge < -0.3 is 5.32 Å². The standard InChI is InChI=1S/C21H29NO/c1-5-6-7-8-20-17(4)9-10-18(20)14-21(23)22-19-12-15(2)11-16(3)13-19/h6-7,11-13,18,20H,4-5,8-10,14H2,1-3H3,(H,22,23)/b7-6-/t18-,20+/m1/s1. The Kier molecular flexibility index (Phi) is 6.20. The molecule has 0 heterocycles. The van der Waals surface area contributed by atoms with Crippen LogP contribution in [0.15, 0.2) is 42.5 Å². The van der Waals surface area contributed by atoms with E-state index in [1.54, 1.807) is 0 Å². The molecule has 1 fully saturated rings. The smallest absolute Gasteiger partial charge is 0.224 e. The van der Waals surface area contributed by atoms with Gasteiger partial charge in [-0.2, -0.15) is 0 Å². The number of allylic oxidation sites excluding steroid dienone is 3. The van der Waals surface area contributed by atoms with Crippen LogP contribution in [-0.2, 0) is 4.79 Å². The highest BCUT2D eigenvalue weighted by Gasteiger charge is 2.30. The van der Waals surface area contributed by atoms with Gasteiger partial charge in [0.05, 0.1) is 0 Å². The van der Waals surface area contributed by atoms with Crippen molar-refractivity contribution in [3.8, 4) is 0 Å². The van der Waals surface area contributed by atoms with Crippen LogP contribution in [0.3, 0.4) is 0 Å². The molecule has 1 aliphatic rings. The van der Waals surface area contributed by atoms with Gasteiger partial charge in [-0.15, -0.1) is 0 Å². The van der Waals surface area contributed by atoms with E-state index < -0.39 is 0 Å². The number of hydrogen-bond acceptors (Lipinski definition) is 1. The first-order valence-corrected chi connectivity index (χ1v) is 8.70. The van der Waals surface area contributed by atoms with Crippen LogP contribution in [0.1, 0.15) is 50.2 Å². The highest BCUT2D eigenvalue weighted by Crippen LogP contribution is 2.40. The first kappa shape index (κ1) is 17.5. The number of carbonyl (C=O) groups excluding carboxylic acids is 1. The SMILES string of the molecule is C=C1CC[C@H](CC(=O)Nc2cc(C)cc(C)c2)[C@H]1C/C=C\CC. The molecule has 1 aliphatic carbocycles. The fourth-order valence-electron chi connectivity index (χ4n) is 3.60. The molecule has 124 valence electrons. The third-order valence-corrected chi connectivity index (χ3v) is 4.68. The van der Waals surface area contributed by atoms with Gasteiger partial charge in [-0.1, -0.05) is 37.3 Å². The van der Waals surface area contributed by atoms with Crippen LogP contribution < -0.4 is 5.32 Å². The van der Waals surface area contributed by atoms with Gasteiger partial charge in [0.1, 0.15) is 0 Å². The predicted octanol–water partition coefficient (Wildman–Crippen LogP) is 5.57. The van der Waals surface area contributed by atoms with Crippen molar-refractivity contribution in [2.45, 2.75) is 52.9 Å². The zero-order valence-electron chi connectivity index (χ0n) is 14.7. The molecular formula is C21H29NO. The van der Waals surface area contributed by atoms with Crippen LogP contribution >= 0.6 is 0 Å². The summed E-state index contributed by atoms with van der Waals surface area (Å²) >= 11 is 0. The molecule has 1 aromatic carbocycles. The summed E-state index contributed by atoms with van der Waals surface area (Å²) < 4.78 is 0. The molecule has 1 N–H and O–H groups in total. The highest BCUT2D eigenvalue weighted by atomic mass is 16.1. The zero-order chi connectivity index (χ0) is 16.8. The molecule has 23 heavy (non-hydrogen) atoms. The zero-order valence-corrected chi connectivity index (χ0v) is 14.7. The van der Waals surface area contributed by atoms with Crippen molar-refractivity contribution in [2.75, 3.05) is 5.32 Å². The van der Waals surface area contributed by atoms with Gasteiger partial charge in [-0.25, -0.2) is 0 Å². The minimum Gasteiger partial charge on any atom is -0.326 e. The lowest BCUT2D eigenvalue weighted by atomic mass is 9.88. The van der Waals surface area contributed by atoms with Gasteiger partial charge in [0, 0.05) is 12.1 Å². The molecule has 0 radical (unpaired) electrons. The summed E-state index contributed by atoms with van der Waals surface area (Å²) in [5, 5.41) is 3.07. The molecule has 1 saturated carbocycles. The Hall–Kier alpha value is -1.83. The van der Waals surface area contributed by atoms with E-state index in [4.69, 9.17) is 0 Å². The Bertz CT molecular complexity index is 580. The Morgan fingerprint density at radius 1 is 1.26 bits per heavy atom. The van der Waals surface area contributed by atoms with Crippen molar-refractivity contribution in [2.24, 2.45) is 11.8 Å². The van der Waals surface area contributed by atoms with Crippen LogP contribution in [-0.4, -0.2) is 5.91 Å². The van der Waals surface area contributed by atoms with Gasteiger partial charge in [-0.3, -0.25) is 4.79 Å². The van der Waals surface area contributed by atoms with Crippen LogP contribution in [0.5, 0.6) is 0 Å². The van der Waals surface area contributed by atoms with Crippen molar-refractivity contribution >= 4 is 11.6 Å². The average molecular weight is 311 g/mol.